The Bertz CT molecular complexity index is 975. The summed E-state index contributed by atoms with van der Waals surface area (Å²) in [6.45, 7) is 11.4. The van der Waals surface area contributed by atoms with Gasteiger partial charge in [0.1, 0.15) is 0 Å². The zero-order valence-electron chi connectivity index (χ0n) is 28.3. The van der Waals surface area contributed by atoms with Gasteiger partial charge in [-0.2, -0.15) is 0 Å². The first kappa shape index (κ1) is 36.0. The van der Waals surface area contributed by atoms with Crippen LogP contribution in [0.3, 0.4) is 0 Å². The van der Waals surface area contributed by atoms with Gasteiger partial charge < -0.3 is 0 Å². The second-order valence-electron chi connectivity index (χ2n) is 12.5. The van der Waals surface area contributed by atoms with E-state index in [4.69, 9.17) is 9.98 Å². The molecule has 2 aromatic rings. The Morgan fingerprint density at radius 3 is 1.24 bits per heavy atom. The van der Waals surface area contributed by atoms with Gasteiger partial charge in [-0.1, -0.05) is 117 Å². The maximum atomic E-state index is 5.28. The molecule has 2 nitrogen and oxygen atoms in total. The summed E-state index contributed by atoms with van der Waals surface area (Å²) in [6, 6.07) is 14.2. The van der Waals surface area contributed by atoms with E-state index >= 15 is 0 Å². The van der Waals surface area contributed by atoms with Gasteiger partial charge in [0.2, 0.25) is 0 Å². The fourth-order valence-electron chi connectivity index (χ4n) is 5.72. The number of nitrogens with zero attached hydrogens (tertiary/aromatic N) is 2. The molecule has 0 N–H and O–H groups in total. The summed E-state index contributed by atoms with van der Waals surface area (Å²) in [6.07, 6.45) is 28.0. The number of benzene rings is 2. The number of rotatable bonds is 24. The van der Waals surface area contributed by atoms with Gasteiger partial charge in [0.15, 0.2) is 0 Å². The van der Waals surface area contributed by atoms with E-state index < -0.39 is 0 Å². The predicted molar refractivity (Wildman–Crippen MR) is 190 cm³/mol. The largest absolute Gasteiger partial charge is 0.255 e. The molecule has 0 bridgehead atoms. The first-order valence-corrected chi connectivity index (χ1v) is 18.0. The van der Waals surface area contributed by atoms with Crippen molar-refractivity contribution in [1.82, 2.24) is 0 Å². The summed E-state index contributed by atoms with van der Waals surface area (Å²) in [5, 5.41) is 0. The molecule has 0 unspecified atom stereocenters. The molecule has 0 saturated carbocycles. The molecule has 0 aliphatic heterocycles. The molecule has 0 aliphatic rings. The number of aliphatic imine (C=N–C) groups is 2. The number of hydrogen-bond acceptors (Lipinski definition) is 2. The van der Waals surface area contributed by atoms with Crippen molar-refractivity contribution in [2.24, 2.45) is 9.98 Å². The molecule has 2 aromatic carbocycles. The predicted octanol–water partition coefficient (Wildman–Crippen LogP) is 13.1. The standard InChI is InChI=1S/C40H64N2/c1-6-11-16-21-26-38(42-40-31-36(24-19-14-9-4)28-37(32-40)25-20-15-10-5)33-41-39-29-34(22-17-12-7-2)27-35(30-39)23-18-13-8-3/h27-33H,6-26H2,1-5H3. The van der Waals surface area contributed by atoms with Crippen LogP contribution < -0.4 is 0 Å². The van der Waals surface area contributed by atoms with E-state index in [1.807, 2.05) is 0 Å². The minimum absolute atomic E-state index is 0.994. The minimum Gasteiger partial charge on any atom is -0.255 e. The molecule has 0 spiro atoms. The average Bonchev–Trinajstić information content (AvgIpc) is 2.98. The lowest BCUT2D eigenvalue weighted by molar-refractivity contribution is 0.684. The highest BCUT2D eigenvalue weighted by Crippen LogP contribution is 2.24. The fraction of sp³-hybridized carbons (Fsp3) is 0.650. The SMILES string of the molecule is CCCCCCC(C=Nc1cc(CCCCC)cc(CCCCC)c1)=Nc1cc(CCCCC)cc(CCCCC)c1. The Morgan fingerprint density at radius 1 is 0.452 bits per heavy atom. The summed E-state index contributed by atoms with van der Waals surface area (Å²) < 4.78 is 0. The van der Waals surface area contributed by atoms with E-state index in [2.05, 4.69) is 77.2 Å². The normalized spacial score (nSPS) is 12.1. The smallest absolute Gasteiger partial charge is 0.0639 e. The highest BCUT2D eigenvalue weighted by molar-refractivity contribution is 6.31. The van der Waals surface area contributed by atoms with Gasteiger partial charge in [0, 0.05) is 6.21 Å². The lowest BCUT2D eigenvalue weighted by Gasteiger charge is -2.10. The van der Waals surface area contributed by atoms with E-state index in [1.165, 1.54) is 125 Å². The maximum Gasteiger partial charge on any atom is 0.0639 e. The molecule has 0 aromatic heterocycles. The van der Waals surface area contributed by atoms with Crippen LogP contribution in [0.5, 0.6) is 0 Å². The van der Waals surface area contributed by atoms with E-state index in [9.17, 15) is 0 Å². The van der Waals surface area contributed by atoms with Gasteiger partial charge >= 0.3 is 0 Å². The van der Waals surface area contributed by atoms with Gasteiger partial charge in [-0.3, -0.25) is 9.98 Å². The summed E-state index contributed by atoms with van der Waals surface area (Å²) in [4.78, 5) is 10.4. The molecule has 234 valence electrons. The van der Waals surface area contributed by atoms with Gasteiger partial charge in [0.25, 0.3) is 0 Å². The van der Waals surface area contributed by atoms with Crippen molar-refractivity contribution >= 4 is 23.3 Å². The van der Waals surface area contributed by atoms with E-state index in [-0.39, 0.29) is 0 Å². The number of hydrogen-bond donors (Lipinski definition) is 0. The Balaban J connectivity index is 2.38. The summed E-state index contributed by atoms with van der Waals surface area (Å²) >= 11 is 0. The molecule has 0 heterocycles. The lowest BCUT2D eigenvalue weighted by Crippen LogP contribution is -2.01. The quantitative estimate of drug-likeness (QED) is 0.0882. The monoisotopic (exact) mass is 573 g/mol. The van der Waals surface area contributed by atoms with E-state index in [0.29, 0.717) is 0 Å². The summed E-state index contributed by atoms with van der Waals surface area (Å²) in [5.74, 6) is 0. The average molecular weight is 573 g/mol. The lowest BCUT2D eigenvalue weighted by atomic mass is 10.00. The Labute approximate surface area is 260 Å². The summed E-state index contributed by atoms with van der Waals surface area (Å²) in [7, 11) is 0. The topological polar surface area (TPSA) is 24.7 Å². The third kappa shape index (κ3) is 15.9. The Kier molecular flexibility index (Phi) is 19.9. The van der Waals surface area contributed by atoms with Gasteiger partial charge in [-0.15, -0.1) is 0 Å². The molecule has 2 heteroatoms. The van der Waals surface area contributed by atoms with Crippen molar-refractivity contribution in [2.75, 3.05) is 0 Å². The maximum absolute atomic E-state index is 5.28. The first-order chi connectivity index (χ1) is 20.6. The molecule has 0 amide bonds. The van der Waals surface area contributed by atoms with E-state index in [0.717, 1.165) is 49.2 Å². The molecule has 0 atom stereocenters. The summed E-state index contributed by atoms with van der Waals surface area (Å²) in [5.41, 5.74) is 9.15. The highest BCUT2D eigenvalue weighted by atomic mass is 14.8. The molecule has 42 heavy (non-hydrogen) atoms. The molecule has 0 saturated heterocycles. The molecule has 0 fully saturated rings. The van der Waals surface area contributed by atoms with Gasteiger partial charge in [-0.25, -0.2) is 0 Å². The van der Waals surface area contributed by atoms with Crippen LogP contribution in [0.25, 0.3) is 0 Å². The van der Waals surface area contributed by atoms with Gasteiger partial charge in [0.05, 0.1) is 17.1 Å². The van der Waals surface area contributed by atoms with E-state index in [1.54, 1.807) is 0 Å². The zero-order valence-corrected chi connectivity index (χ0v) is 28.3. The van der Waals surface area contributed by atoms with Crippen LogP contribution in [0.4, 0.5) is 11.4 Å². The van der Waals surface area contributed by atoms with Crippen molar-refractivity contribution in [3.63, 3.8) is 0 Å². The Hall–Kier alpha value is -2.22. The fourth-order valence-corrected chi connectivity index (χ4v) is 5.72. The van der Waals surface area contributed by atoms with Crippen molar-refractivity contribution in [1.29, 1.82) is 0 Å². The second kappa shape index (κ2) is 23.3. The molecule has 0 radical (unpaired) electrons. The van der Waals surface area contributed by atoms with Crippen LogP contribution in [-0.2, 0) is 25.7 Å². The molecule has 0 aliphatic carbocycles. The molecular formula is C40H64N2. The molecular weight excluding hydrogens is 508 g/mol. The minimum atomic E-state index is 0.994. The van der Waals surface area contributed by atoms with Crippen LogP contribution in [0.2, 0.25) is 0 Å². The van der Waals surface area contributed by atoms with Crippen molar-refractivity contribution in [3.8, 4) is 0 Å². The molecule has 2 rings (SSSR count). The Morgan fingerprint density at radius 2 is 0.833 bits per heavy atom. The third-order valence-electron chi connectivity index (χ3n) is 8.27. The van der Waals surface area contributed by atoms with Crippen LogP contribution in [0.15, 0.2) is 46.4 Å². The van der Waals surface area contributed by atoms with Crippen LogP contribution in [-0.4, -0.2) is 11.9 Å². The number of unbranched alkanes of at least 4 members (excludes halogenated alkanes) is 11. The van der Waals surface area contributed by atoms with Crippen LogP contribution in [0, 0.1) is 0 Å². The van der Waals surface area contributed by atoms with Crippen molar-refractivity contribution in [3.05, 3.63) is 58.7 Å². The van der Waals surface area contributed by atoms with Crippen LogP contribution >= 0.6 is 0 Å². The first-order valence-electron chi connectivity index (χ1n) is 18.0. The van der Waals surface area contributed by atoms with Crippen molar-refractivity contribution < 1.29 is 0 Å². The zero-order chi connectivity index (χ0) is 30.3. The second-order valence-corrected chi connectivity index (χ2v) is 12.5. The number of aryl methyl sites for hydroxylation is 4. The van der Waals surface area contributed by atoms with Crippen molar-refractivity contribution in [2.45, 2.75) is 169 Å². The third-order valence-corrected chi connectivity index (χ3v) is 8.27. The highest BCUT2D eigenvalue weighted by Gasteiger charge is 2.06. The van der Waals surface area contributed by atoms with Crippen LogP contribution in [0.1, 0.15) is 166 Å². The van der Waals surface area contributed by atoms with Gasteiger partial charge in [-0.05, 0) is 111 Å².